The molecule has 2 aliphatic rings. The number of nitrogens with zero attached hydrogens (tertiary/aromatic N) is 1. The van der Waals surface area contributed by atoms with Crippen molar-refractivity contribution in [2.45, 2.75) is 32.9 Å². The number of carbonyl (C=O) groups excluding carboxylic acids is 2. The average molecular weight is 513 g/mol. The van der Waals surface area contributed by atoms with E-state index in [-0.39, 0.29) is 23.0 Å². The number of rotatable bonds is 9. The Bertz CT molecular complexity index is 1160. The van der Waals surface area contributed by atoms with Crippen LogP contribution in [0.4, 0.5) is 4.39 Å². The van der Waals surface area contributed by atoms with Crippen molar-refractivity contribution in [3.8, 4) is 11.5 Å². The largest absolute Gasteiger partial charge is 0.872 e. The zero-order valence-corrected chi connectivity index (χ0v) is 21.4. The Labute approximate surface area is 216 Å². The maximum absolute atomic E-state index is 14.7. The first-order valence-electron chi connectivity index (χ1n) is 12.7. The van der Waals surface area contributed by atoms with E-state index in [1.54, 1.807) is 38.1 Å². The van der Waals surface area contributed by atoms with Gasteiger partial charge in [-0.1, -0.05) is 24.0 Å². The average Bonchev–Trinajstić information content (AvgIpc) is 3.14. The molecule has 8 nitrogen and oxygen atoms in total. The molecule has 2 aromatic carbocycles. The summed E-state index contributed by atoms with van der Waals surface area (Å²) in [4.78, 5) is 29.1. The monoisotopic (exact) mass is 512 g/mol. The van der Waals surface area contributed by atoms with Crippen LogP contribution in [-0.2, 0) is 14.3 Å². The molecule has 0 bridgehead atoms. The second-order valence-corrected chi connectivity index (χ2v) is 9.40. The number of carbonyl (C=O) groups is 2. The third-order valence-corrected chi connectivity index (χ3v) is 6.50. The summed E-state index contributed by atoms with van der Waals surface area (Å²) in [6.07, 6.45) is -0.245. The van der Waals surface area contributed by atoms with Gasteiger partial charge in [0, 0.05) is 5.57 Å². The van der Waals surface area contributed by atoms with Gasteiger partial charge in [0.05, 0.1) is 45.1 Å². The van der Waals surface area contributed by atoms with E-state index in [2.05, 4.69) is 0 Å². The molecule has 2 heterocycles. The zero-order chi connectivity index (χ0) is 26.5. The summed E-state index contributed by atoms with van der Waals surface area (Å²) in [5.41, 5.74) is 0.424. The van der Waals surface area contributed by atoms with Gasteiger partial charge in [-0.2, -0.15) is 0 Å². The molecule has 9 heteroatoms. The minimum absolute atomic E-state index is 0.0126. The van der Waals surface area contributed by atoms with E-state index in [4.69, 9.17) is 14.2 Å². The summed E-state index contributed by atoms with van der Waals surface area (Å²) in [5, 5.41) is 13.6. The molecule has 0 aromatic heterocycles. The Hall–Kier alpha value is -3.43. The van der Waals surface area contributed by atoms with E-state index in [0.29, 0.717) is 44.2 Å². The molecular weight excluding hydrogens is 479 g/mol. The van der Waals surface area contributed by atoms with Crippen LogP contribution < -0.4 is 19.5 Å². The number of nitrogens with one attached hydrogen (secondary N) is 1. The number of likely N-dealkylation sites (tertiary alicyclic amines) is 1. The predicted octanol–water partition coefficient (Wildman–Crippen LogP) is 1.15. The van der Waals surface area contributed by atoms with Gasteiger partial charge in [-0.05, 0) is 56.2 Å². The van der Waals surface area contributed by atoms with Crippen molar-refractivity contribution in [2.24, 2.45) is 0 Å². The van der Waals surface area contributed by atoms with E-state index in [9.17, 15) is 19.1 Å². The first-order chi connectivity index (χ1) is 17.8. The highest BCUT2D eigenvalue weighted by Gasteiger charge is 2.44. The summed E-state index contributed by atoms with van der Waals surface area (Å²) in [7, 11) is 0. The van der Waals surface area contributed by atoms with Gasteiger partial charge in [0.15, 0.2) is 11.6 Å². The molecule has 4 rings (SSSR count). The van der Waals surface area contributed by atoms with E-state index < -0.39 is 29.3 Å². The fourth-order valence-electron chi connectivity index (χ4n) is 4.70. The summed E-state index contributed by atoms with van der Waals surface area (Å²) in [5.74, 6) is -2.31. The SMILES string of the molecule is CCOc1ccc(C2C(=C([O-])c3ccc(OC(C)C)c(F)c3)C(=O)C(=O)N2CC[NH+]2CCOCC2)cc1. The number of halogens is 1. The van der Waals surface area contributed by atoms with E-state index >= 15 is 0 Å². The fourth-order valence-corrected chi connectivity index (χ4v) is 4.70. The summed E-state index contributed by atoms with van der Waals surface area (Å²) >= 11 is 0. The van der Waals surface area contributed by atoms with E-state index in [1.165, 1.54) is 21.9 Å². The first kappa shape index (κ1) is 26.6. The molecule has 0 saturated carbocycles. The molecule has 2 aromatic rings. The maximum Gasteiger partial charge on any atom is 0.295 e. The lowest BCUT2D eigenvalue weighted by molar-refractivity contribution is -0.907. The molecule has 2 saturated heterocycles. The maximum atomic E-state index is 14.7. The number of morpholine rings is 1. The van der Waals surface area contributed by atoms with Crippen molar-refractivity contribution in [1.82, 2.24) is 4.90 Å². The number of benzene rings is 2. The smallest absolute Gasteiger partial charge is 0.295 e. The number of ketones is 1. The molecular formula is C28H33FN2O6. The molecule has 1 N–H and O–H groups in total. The first-order valence-corrected chi connectivity index (χ1v) is 12.7. The minimum atomic E-state index is -0.877. The number of hydrogen-bond donors (Lipinski definition) is 1. The van der Waals surface area contributed by atoms with Crippen LogP contribution in [0.2, 0.25) is 0 Å². The van der Waals surface area contributed by atoms with Gasteiger partial charge in [0.2, 0.25) is 5.78 Å². The van der Waals surface area contributed by atoms with Gasteiger partial charge in [-0.15, -0.1) is 0 Å². The summed E-state index contributed by atoms with van der Waals surface area (Å²) < 4.78 is 31.1. The van der Waals surface area contributed by atoms with Gasteiger partial charge in [-0.25, -0.2) is 4.39 Å². The molecule has 2 fully saturated rings. The molecule has 1 amide bonds. The molecule has 1 atom stereocenters. The van der Waals surface area contributed by atoms with Crippen LogP contribution in [0.15, 0.2) is 48.0 Å². The quantitative estimate of drug-likeness (QED) is 0.308. The summed E-state index contributed by atoms with van der Waals surface area (Å²) in [6.45, 7) is 9.72. The van der Waals surface area contributed by atoms with Crippen molar-refractivity contribution >= 4 is 17.4 Å². The lowest BCUT2D eigenvalue weighted by Gasteiger charge is -2.30. The van der Waals surface area contributed by atoms with E-state index in [1.807, 2.05) is 6.92 Å². The highest BCUT2D eigenvalue weighted by Crippen LogP contribution is 2.39. The van der Waals surface area contributed by atoms with Gasteiger partial charge in [-0.3, -0.25) is 9.59 Å². The Morgan fingerprint density at radius 3 is 2.49 bits per heavy atom. The lowest BCUT2D eigenvalue weighted by atomic mass is 9.95. The van der Waals surface area contributed by atoms with Crippen molar-refractivity contribution < 1.29 is 38.2 Å². The second-order valence-electron chi connectivity index (χ2n) is 9.40. The number of amides is 1. The van der Waals surface area contributed by atoms with Crippen LogP contribution in [0, 0.1) is 5.82 Å². The Morgan fingerprint density at radius 2 is 1.86 bits per heavy atom. The molecule has 198 valence electrons. The molecule has 0 spiro atoms. The molecule has 0 aliphatic carbocycles. The van der Waals surface area contributed by atoms with Crippen LogP contribution in [0.1, 0.15) is 37.9 Å². The Morgan fingerprint density at radius 1 is 1.16 bits per heavy atom. The lowest BCUT2D eigenvalue weighted by Crippen LogP contribution is -3.14. The Kier molecular flexibility index (Phi) is 8.45. The third kappa shape index (κ3) is 5.94. The van der Waals surface area contributed by atoms with Crippen molar-refractivity contribution in [1.29, 1.82) is 0 Å². The van der Waals surface area contributed by atoms with Crippen LogP contribution >= 0.6 is 0 Å². The number of hydrogen-bond acceptors (Lipinski definition) is 6. The predicted molar refractivity (Wildman–Crippen MR) is 133 cm³/mol. The Balaban J connectivity index is 1.72. The number of ether oxygens (including phenoxy) is 3. The van der Waals surface area contributed by atoms with Crippen LogP contribution in [0.3, 0.4) is 0 Å². The molecule has 2 aliphatic heterocycles. The summed E-state index contributed by atoms with van der Waals surface area (Å²) in [6, 6.07) is 9.97. The van der Waals surface area contributed by atoms with Crippen LogP contribution in [-0.4, -0.2) is 68.7 Å². The van der Waals surface area contributed by atoms with Crippen LogP contribution in [0.25, 0.3) is 5.76 Å². The topological polar surface area (TPSA) is 92.6 Å². The van der Waals surface area contributed by atoms with Crippen LogP contribution in [0.5, 0.6) is 11.5 Å². The van der Waals surface area contributed by atoms with Crippen molar-refractivity contribution in [3.05, 3.63) is 65.0 Å². The molecule has 37 heavy (non-hydrogen) atoms. The molecule has 0 radical (unpaired) electrons. The van der Waals surface area contributed by atoms with E-state index in [0.717, 1.165) is 19.2 Å². The number of quaternary nitrogens is 1. The highest BCUT2D eigenvalue weighted by molar-refractivity contribution is 6.46. The molecule has 1 unspecified atom stereocenters. The van der Waals surface area contributed by atoms with Gasteiger partial charge in [0.25, 0.3) is 5.91 Å². The van der Waals surface area contributed by atoms with Crippen molar-refractivity contribution in [3.63, 3.8) is 0 Å². The third-order valence-electron chi connectivity index (χ3n) is 6.50. The number of Topliss-reactive ketones (excluding diaryl/α,β-unsaturated/α-hetero) is 1. The van der Waals surface area contributed by atoms with Gasteiger partial charge in [0.1, 0.15) is 18.8 Å². The van der Waals surface area contributed by atoms with Gasteiger partial charge >= 0.3 is 0 Å². The normalized spacial score (nSPS) is 20.0. The van der Waals surface area contributed by atoms with Crippen molar-refractivity contribution in [2.75, 3.05) is 46.0 Å². The second kappa shape index (κ2) is 11.7. The minimum Gasteiger partial charge on any atom is -0.872 e. The highest BCUT2D eigenvalue weighted by atomic mass is 19.1. The standard InChI is InChI=1S/C28H33FN2O6/c1-4-36-21-8-5-19(6-9-21)25-24(26(32)20-7-10-23(22(29)17-20)37-18(2)3)27(33)28(34)31(25)12-11-30-13-15-35-16-14-30/h5-10,17-18,25,32H,4,11-16H2,1-3H3. The van der Waals surface area contributed by atoms with Gasteiger partial charge < -0.3 is 29.1 Å². The zero-order valence-electron chi connectivity index (χ0n) is 21.4. The fraction of sp³-hybridized carbons (Fsp3) is 0.429.